The topological polar surface area (TPSA) is 65.8 Å². The first kappa shape index (κ1) is 14.1. The first-order chi connectivity index (χ1) is 10.1. The highest BCUT2D eigenvalue weighted by Crippen LogP contribution is 2.22. The standard InChI is InChI=1S/C15H21N3O3/c19-14(20)11-17-8-3-4-13(17)15(21)18-9-5-12(10-18)16-6-1-2-7-16/h3-4,8,12H,1-2,5-7,9-11H2,(H,19,20). The van der Waals surface area contributed by atoms with Crippen LogP contribution in [0, 0.1) is 0 Å². The molecule has 2 fully saturated rings. The highest BCUT2D eigenvalue weighted by Gasteiger charge is 2.32. The molecule has 0 spiro atoms. The molecule has 1 amide bonds. The lowest BCUT2D eigenvalue weighted by Crippen LogP contribution is -2.37. The van der Waals surface area contributed by atoms with E-state index in [1.54, 1.807) is 18.3 Å². The number of hydrogen-bond acceptors (Lipinski definition) is 3. The first-order valence-corrected chi connectivity index (χ1v) is 7.55. The summed E-state index contributed by atoms with van der Waals surface area (Å²) in [5, 5.41) is 8.89. The summed E-state index contributed by atoms with van der Waals surface area (Å²) in [6, 6.07) is 3.90. The van der Waals surface area contributed by atoms with Crippen molar-refractivity contribution in [3.05, 3.63) is 24.0 Å². The summed E-state index contributed by atoms with van der Waals surface area (Å²) in [5.41, 5.74) is 0.472. The van der Waals surface area contributed by atoms with E-state index in [2.05, 4.69) is 4.90 Å². The molecule has 1 aromatic heterocycles. The van der Waals surface area contributed by atoms with Crippen LogP contribution in [0.4, 0.5) is 0 Å². The fourth-order valence-electron chi connectivity index (χ4n) is 3.38. The maximum atomic E-state index is 12.6. The summed E-state index contributed by atoms with van der Waals surface area (Å²) in [6.45, 7) is 3.64. The number of carboxylic acid groups (broad SMARTS) is 1. The van der Waals surface area contributed by atoms with E-state index in [-0.39, 0.29) is 12.5 Å². The van der Waals surface area contributed by atoms with Crippen LogP contribution in [0.3, 0.4) is 0 Å². The van der Waals surface area contributed by atoms with Gasteiger partial charge in [-0.05, 0) is 44.5 Å². The van der Waals surface area contributed by atoms with Gasteiger partial charge in [-0.2, -0.15) is 0 Å². The molecule has 0 radical (unpaired) electrons. The zero-order valence-electron chi connectivity index (χ0n) is 12.1. The molecule has 3 heterocycles. The fraction of sp³-hybridized carbons (Fsp3) is 0.600. The smallest absolute Gasteiger partial charge is 0.323 e. The molecule has 2 aliphatic heterocycles. The van der Waals surface area contributed by atoms with Crippen molar-refractivity contribution >= 4 is 11.9 Å². The Kier molecular flexibility index (Phi) is 3.96. The third kappa shape index (κ3) is 2.95. The van der Waals surface area contributed by atoms with Gasteiger partial charge in [-0.25, -0.2) is 0 Å². The van der Waals surface area contributed by atoms with Crippen molar-refractivity contribution in [1.82, 2.24) is 14.4 Å². The molecule has 1 unspecified atom stereocenters. The van der Waals surface area contributed by atoms with Crippen LogP contribution in [0.5, 0.6) is 0 Å². The van der Waals surface area contributed by atoms with E-state index in [9.17, 15) is 9.59 Å². The third-order valence-electron chi connectivity index (χ3n) is 4.46. The summed E-state index contributed by atoms with van der Waals surface area (Å²) in [5.74, 6) is -0.987. The van der Waals surface area contributed by atoms with E-state index in [1.165, 1.54) is 17.4 Å². The Labute approximate surface area is 123 Å². The Morgan fingerprint density at radius 3 is 2.71 bits per heavy atom. The lowest BCUT2D eigenvalue weighted by atomic mass is 10.2. The predicted octanol–water partition coefficient (Wildman–Crippen LogP) is 0.883. The monoisotopic (exact) mass is 291 g/mol. The summed E-state index contributed by atoms with van der Waals surface area (Å²) in [7, 11) is 0. The molecule has 1 aromatic rings. The maximum absolute atomic E-state index is 12.6. The van der Waals surface area contributed by atoms with E-state index in [1.807, 2.05) is 4.90 Å². The van der Waals surface area contributed by atoms with Crippen LogP contribution < -0.4 is 0 Å². The molecule has 114 valence electrons. The van der Waals surface area contributed by atoms with Crippen LogP contribution in [-0.2, 0) is 11.3 Å². The van der Waals surface area contributed by atoms with Gasteiger partial charge in [-0.1, -0.05) is 0 Å². The van der Waals surface area contributed by atoms with Crippen LogP contribution in [-0.4, -0.2) is 63.6 Å². The molecule has 1 atom stereocenters. The molecule has 0 saturated carbocycles. The molecule has 3 rings (SSSR count). The molecular weight excluding hydrogens is 270 g/mol. The normalized spacial score (nSPS) is 22.9. The molecule has 2 saturated heterocycles. The van der Waals surface area contributed by atoms with Gasteiger partial charge < -0.3 is 14.6 Å². The van der Waals surface area contributed by atoms with Crippen LogP contribution >= 0.6 is 0 Å². The SMILES string of the molecule is O=C(O)Cn1cccc1C(=O)N1CCC(N2CCCC2)C1. The van der Waals surface area contributed by atoms with Gasteiger partial charge >= 0.3 is 5.97 Å². The van der Waals surface area contributed by atoms with Gasteiger partial charge in [0.1, 0.15) is 12.2 Å². The lowest BCUT2D eigenvalue weighted by molar-refractivity contribution is -0.137. The van der Waals surface area contributed by atoms with Crippen LogP contribution in [0.25, 0.3) is 0 Å². The molecule has 0 aromatic carbocycles. The zero-order chi connectivity index (χ0) is 14.8. The van der Waals surface area contributed by atoms with Crippen LogP contribution in [0.2, 0.25) is 0 Å². The average Bonchev–Trinajstić information content (AvgIpc) is 3.18. The Balaban J connectivity index is 1.66. The molecule has 0 bridgehead atoms. The van der Waals surface area contributed by atoms with Crippen LogP contribution in [0.15, 0.2) is 18.3 Å². The van der Waals surface area contributed by atoms with Gasteiger partial charge in [-0.3, -0.25) is 14.5 Å². The highest BCUT2D eigenvalue weighted by atomic mass is 16.4. The van der Waals surface area contributed by atoms with E-state index in [4.69, 9.17) is 5.11 Å². The molecule has 21 heavy (non-hydrogen) atoms. The van der Waals surface area contributed by atoms with Gasteiger partial charge in [0.2, 0.25) is 0 Å². The number of carboxylic acids is 1. The Bertz CT molecular complexity index is 534. The molecule has 2 aliphatic rings. The second kappa shape index (κ2) is 5.89. The fourth-order valence-corrected chi connectivity index (χ4v) is 3.38. The number of carbonyl (C=O) groups excluding carboxylic acids is 1. The number of nitrogens with zero attached hydrogens (tertiary/aromatic N) is 3. The Hall–Kier alpha value is -1.82. The minimum absolute atomic E-state index is 0.0528. The molecule has 6 nitrogen and oxygen atoms in total. The van der Waals surface area contributed by atoms with Crippen LogP contribution in [0.1, 0.15) is 29.8 Å². The van der Waals surface area contributed by atoms with Crippen molar-refractivity contribution in [3.8, 4) is 0 Å². The van der Waals surface area contributed by atoms with Gasteiger partial charge in [0.05, 0.1) is 0 Å². The second-order valence-electron chi connectivity index (χ2n) is 5.85. The molecule has 6 heteroatoms. The Morgan fingerprint density at radius 2 is 2.00 bits per heavy atom. The number of hydrogen-bond donors (Lipinski definition) is 1. The van der Waals surface area contributed by atoms with E-state index >= 15 is 0 Å². The Morgan fingerprint density at radius 1 is 1.24 bits per heavy atom. The summed E-state index contributed by atoms with van der Waals surface area (Å²) in [6.07, 6.45) is 5.18. The zero-order valence-corrected chi connectivity index (χ0v) is 12.1. The number of amides is 1. The lowest BCUT2D eigenvalue weighted by Gasteiger charge is -2.23. The van der Waals surface area contributed by atoms with Gasteiger partial charge in [0, 0.05) is 25.3 Å². The van der Waals surface area contributed by atoms with E-state index in [0.717, 1.165) is 32.6 Å². The van der Waals surface area contributed by atoms with E-state index < -0.39 is 5.97 Å². The third-order valence-corrected chi connectivity index (χ3v) is 4.46. The molecular formula is C15H21N3O3. The van der Waals surface area contributed by atoms with Gasteiger partial charge in [0.15, 0.2) is 0 Å². The molecule has 0 aliphatic carbocycles. The number of rotatable bonds is 4. The largest absolute Gasteiger partial charge is 0.480 e. The first-order valence-electron chi connectivity index (χ1n) is 7.55. The van der Waals surface area contributed by atoms with Crippen molar-refractivity contribution in [2.45, 2.75) is 31.8 Å². The van der Waals surface area contributed by atoms with Crippen molar-refractivity contribution in [3.63, 3.8) is 0 Å². The average molecular weight is 291 g/mol. The van der Waals surface area contributed by atoms with Gasteiger partial charge in [0.25, 0.3) is 5.91 Å². The van der Waals surface area contributed by atoms with Crippen molar-refractivity contribution < 1.29 is 14.7 Å². The van der Waals surface area contributed by atoms with Gasteiger partial charge in [-0.15, -0.1) is 0 Å². The second-order valence-corrected chi connectivity index (χ2v) is 5.85. The minimum Gasteiger partial charge on any atom is -0.480 e. The molecule has 1 N–H and O–H groups in total. The number of carbonyl (C=O) groups is 2. The van der Waals surface area contributed by atoms with Crippen molar-refractivity contribution in [2.75, 3.05) is 26.2 Å². The van der Waals surface area contributed by atoms with Crippen molar-refractivity contribution in [2.24, 2.45) is 0 Å². The van der Waals surface area contributed by atoms with Crippen molar-refractivity contribution in [1.29, 1.82) is 0 Å². The number of aliphatic carboxylic acids is 1. The quantitative estimate of drug-likeness (QED) is 0.894. The summed E-state index contributed by atoms with van der Waals surface area (Å²) < 4.78 is 1.51. The predicted molar refractivity (Wildman–Crippen MR) is 77.2 cm³/mol. The summed E-state index contributed by atoms with van der Waals surface area (Å²) >= 11 is 0. The summed E-state index contributed by atoms with van der Waals surface area (Å²) in [4.78, 5) is 27.7. The maximum Gasteiger partial charge on any atom is 0.323 e. The minimum atomic E-state index is -0.934. The highest BCUT2D eigenvalue weighted by molar-refractivity contribution is 5.93. The number of likely N-dealkylation sites (tertiary alicyclic amines) is 2. The number of aromatic nitrogens is 1. The van der Waals surface area contributed by atoms with E-state index in [0.29, 0.717) is 11.7 Å².